The van der Waals surface area contributed by atoms with Crippen LogP contribution in [0.4, 0.5) is 0 Å². The lowest BCUT2D eigenvalue weighted by atomic mass is 9.99. The van der Waals surface area contributed by atoms with E-state index >= 15 is 0 Å². The van der Waals surface area contributed by atoms with E-state index < -0.39 is 27.5 Å². The van der Waals surface area contributed by atoms with E-state index in [1.165, 1.54) is 0 Å². The highest BCUT2D eigenvalue weighted by Gasteiger charge is 2.27. The Morgan fingerprint density at radius 3 is 2.14 bits per heavy atom. The van der Waals surface area contributed by atoms with E-state index in [-0.39, 0.29) is 11.4 Å². The van der Waals surface area contributed by atoms with Gasteiger partial charge in [0, 0.05) is 6.54 Å². The molecule has 0 aromatic heterocycles. The molecule has 0 fully saturated rings. The third-order valence-corrected chi connectivity index (χ3v) is 5.67. The van der Waals surface area contributed by atoms with Crippen molar-refractivity contribution in [1.82, 2.24) is 4.72 Å². The van der Waals surface area contributed by atoms with E-state index in [1.54, 1.807) is 64.3 Å². The van der Waals surface area contributed by atoms with Gasteiger partial charge in [0.1, 0.15) is 11.4 Å². The van der Waals surface area contributed by atoms with Gasteiger partial charge in [0.25, 0.3) is 0 Å². The number of carbonyl (C=O) groups is 1. The largest absolute Gasteiger partial charge is 0.497 e. The van der Waals surface area contributed by atoms with Crippen LogP contribution in [0.2, 0.25) is 0 Å². The summed E-state index contributed by atoms with van der Waals surface area (Å²) in [7, 11) is -2.15. The molecule has 0 aliphatic rings. The third kappa shape index (κ3) is 7.18. The molecular formula is C22H29NO5S. The molecule has 1 atom stereocenters. The topological polar surface area (TPSA) is 81.7 Å². The standard InChI is InChI=1S/C22H29NO5S/c1-16-6-12-20(13-7-16)29(25,26)23-15-18(21(24)28-22(2,3)4)14-17-8-10-19(27-5)11-9-17/h6-13,18,23H,14-15H2,1-5H3/t18-/m0/s1. The molecule has 158 valence electrons. The molecule has 0 bridgehead atoms. The zero-order valence-corrected chi connectivity index (χ0v) is 18.4. The van der Waals surface area contributed by atoms with Crippen molar-refractivity contribution in [2.75, 3.05) is 13.7 Å². The zero-order chi connectivity index (χ0) is 21.7. The van der Waals surface area contributed by atoms with Crippen LogP contribution in [-0.4, -0.2) is 33.6 Å². The molecule has 29 heavy (non-hydrogen) atoms. The molecule has 7 heteroatoms. The maximum Gasteiger partial charge on any atom is 0.311 e. The summed E-state index contributed by atoms with van der Waals surface area (Å²) in [6.45, 7) is 7.18. The van der Waals surface area contributed by atoms with Crippen molar-refractivity contribution < 1.29 is 22.7 Å². The van der Waals surface area contributed by atoms with Crippen LogP contribution in [0.1, 0.15) is 31.9 Å². The number of benzene rings is 2. The van der Waals surface area contributed by atoms with Gasteiger partial charge in [-0.2, -0.15) is 0 Å². The van der Waals surface area contributed by atoms with Gasteiger partial charge in [-0.1, -0.05) is 29.8 Å². The fourth-order valence-electron chi connectivity index (χ4n) is 2.68. The summed E-state index contributed by atoms with van der Waals surface area (Å²) in [4.78, 5) is 12.9. The van der Waals surface area contributed by atoms with Gasteiger partial charge in [-0.3, -0.25) is 4.79 Å². The first-order chi connectivity index (χ1) is 13.5. The number of nitrogens with one attached hydrogen (secondary N) is 1. The van der Waals surface area contributed by atoms with E-state index in [1.807, 2.05) is 19.1 Å². The minimum atomic E-state index is -3.73. The Labute approximate surface area is 173 Å². The fraction of sp³-hybridized carbons (Fsp3) is 0.409. The van der Waals surface area contributed by atoms with Gasteiger partial charge in [-0.05, 0) is 63.9 Å². The van der Waals surface area contributed by atoms with Crippen LogP contribution >= 0.6 is 0 Å². The molecule has 0 aliphatic carbocycles. The van der Waals surface area contributed by atoms with Crippen molar-refractivity contribution in [3.05, 3.63) is 59.7 Å². The van der Waals surface area contributed by atoms with E-state index in [0.29, 0.717) is 12.2 Å². The molecule has 0 spiro atoms. The molecule has 0 radical (unpaired) electrons. The van der Waals surface area contributed by atoms with Crippen LogP contribution in [0.5, 0.6) is 5.75 Å². The second kappa shape index (κ2) is 9.41. The molecule has 2 aromatic carbocycles. The normalized spacial score (nSPS) is 13.0. The van der Waals surface area contributed by atoms with Gasteiger partial charge in [-0.15, -0.1) is 0 Å². The highest BCUT2D eigenvalue weighted by Crippen LogP contribution is 2.19. The minimum Gasteiger partial charge on any atom is -0.497 e. The summed E-state index contributed by atoms with van der Waals surface area (Å²) < 4.78 is 38.4. The molecule has 0 saturated heterocycles. The predicted octanol–water partition coefficient (Wildman–Crippen LogP) is 3.48. The summed E-state index contributed by atoms with van der Waals surface area (Å²) in [6, 6.07) is 13.9. The van der Waals surface area contributed by atoms with E-state index in [0.717, 1.165) is 11.1 Å². The molecule has 0 amide bonds. The summed E-state index contributed by atoms with van der Waals surface area (Å²) in [5.74, 6) is -0.398. The molecule has 0 heterocycles. The lowest BCUT2D eigenvalue weighted by Gasteiger charge is -2.24. The molecule has 0 aliphatic heterocycles. The summed E-state index contributed by atoms with van der Waals surface area (Å²) in [5, 5.41) is 0. The number of ether oxygens (including phenoxy) is 2. The molecule has 2 rings (SSSR count). The highest BCUT2D eigenvalue weighted by atomic mass is 32.2. The summed E-state index contributed by atoms with van der Waals surface area (Å²) >= 11 is 0. The molecule has 6 nitrogen and oxygen atoms in total. The zero-order valence-electron chi connectivity index (χ0n) is 17.6. The second-order valence-electron chi connectivity index (χ2n) is 7.95. The number of carbonyl (C=O) groups excluding carboxylic acids is 1. The summed E-state index contributed by atoms with van der Waals surface area (Å²) in [5.41, 5.74) is 1.19. The smallest absolute Gasteiger partial charge is 0.311 e. The number of aryl methyl sites for hydroxylation is 1. The van der Waals surface area contributed by atoms with Gasteiger partial charge in [0.2, 0.25) is 10.0 Å². The molecular weight excluding hydrogens is 390 g/mol. The van der Waals surface area contributed by atoms with Crippen molar-refractivity contribution in [2.45, 2.75) is 44.6 Å². The van der Waals surface area contributed by atoms with Crippen molar-refractivity contribution in [3.8, 4) is 5.75 Å². The van der Waals surface area contributed by atoms with Crippen molar-refractivity contribution in [1.29, 1.82) is 0 Å². The van der Waals surface area contributed by atoms with E-state index in [2.05, 4.69) is 4.72 Å². The first kappa shape index (κ1) is 22.9. The van der Waals surface area contributed by atoms with Crippen molar-refractivity contribution in [2.24, 2.45) is 5.92 Å². The maximum absolute atomic E-state index is 12.7. The van der Waals surface area contributed by atoms with Crippen LogP contribution in [0, 0.1) is 12.8 Å². The van der Waals surface area contributed by atoms with Gasteiger partial charge < -0.3 is 9.47 Å². The Morgan fingerprint density at radius 2 is 1.62 bits per heavy atom. The van der Waals surface area contributed by atoms with E-state index in [4.69, 9.17) is 9.47 Å². The predicted molar refractivity (Wildman–Crippen MR) is 112 cm³/mol. The Balaban J connectivity index is 2.17. The quantitative estimate of drug-likeness (QED) is 0.663. The van der Waals surface area contributed by atoms with Gasteiger partial charge in [0.15, 0.2) is 0 Å². The van der Waals surface area contributed by atoms with Crippen molar-refractivity contribution in [3.63, 3.8) is 0 Å². The number of rotatable bonds is 8. The summed E-state index contributed by atoms with van der Waals surface area (Å²) in [6.07, 6.45) is 0.343. The number of esters is 1. The average molecular weight is 420 g/mol. The molecule has 2 aromatic rings. The minimum absolute atomic E-state index is 0.0584. The van der Waals surface area contributed by atoms with E-state index in [9.17, 15) is 13.2 Å². The average Bonchev–Trinajstić information content (AvgIpc) is 2.64. The number of methoxy groups -OCH3 is 1. The van der Waals surface area contributed by atoms with Crippen LogP contribution in [-0.2, 0) is 26.0 Å². The second-order valence-corrected chi connectivity index (χ2v) is 9.71. The van der Waals surface area contributed by atoms with Crippen molar-refractivity contribution >= 4 is 16.0 Å². The first-order valence-corrected chi connectivity index (χ1v) is 10.9. The van der Waals surface area contributed by atoms with Crippen LogP contribution in [0.25, 0.3) is 0 Å². The van der Waals surface area contributed by atoms with Gasteiger partial charge in [-0.25, -0.2) is 13.1 Å². The van der Waals surface area contributed by atoms with Gasteiger partial charge in [0.05, 0.1) is 17.9 Å². The molecule has 0 unspecified atom stereocenters. The number of hydrogen-bond donors (Lipinski definition) is 1. The first-order valence-electron chi connectivity index (χ1n) is 9.42. The SMILES string of the molecule is COc1ccc(C[C@@H](CNS(=O)(=O)c2ccc(C)cc2)C(=O)OC(C)(C)C)cc1. The van der Waals surface area contributed by atoms with Gasteiger partial charge >= 0.3 is 5.97 Å². The Bertz CT molecular complexity index is 913. The maximum atomic E-state index is 12.7. The monoisotopic (exact) mass is 419 g/mol. The molecule has 1 N–H and O–H groups in total. The van der Waals surface area contributed by atoms with Crippen LogP contribution in [0.15, 0.2) is 53.4 Å². The highest BCUT2D eigenvalue weighted by molar-refractivity contribution is 7.89. The lowest BCUT2D eigenvalue weighted by molar-refractivity contribution is -0.159. The van der Waals surface area contributed by atoms with Crippen LogP contribution in [0.3, 0.4) is 0 Å². The molecule has 0 saturated carbocycles. The Morgan fingerprint density at radius 1 is 1.03 bits per heavy atom. The number of hydrogen-bond acceptors (Lipinski definition) is 5. The lowest BCUT2D eigenvalue weighted by Crippen LogP contribution is -2.37. The number of sulfonamides is 1. The Kier molecular flexibility index (Phi) is 7.43. The van der Waals surface area contributed by atoms with Crippen LogP contribution < -0.4 is 9.46 Å². The third-order valence-electron chi connectivity index (χ3n) is 4.23. The Hall–Kier alpha value is -2.38. The fourth-order valence-corrected chi connectivity index (χ4v) is 3.76.